The Hall–Kier alpha value is -3.55. The van der Waals surface area contributed by atoms with Crippen molar-refractivity contribution in [3.63, 3.8) is 0 Å². The van der Waals surface area contributed by atoms with Gasteiger partial charge in [0.15, 0.2) is 11.5 Å². The summed E-state index contributed by atoms with van der Waals surface area (Å²) in [5, 5.41) is 0.459. The second-order valence-corrected chi connectivity index (χ2v) is 12.0. The third-order valence-corrected chi connectivity index (χ3v) is 8.48. The molecule has 0 N–H and O–H groups in total. The van der Waals surface area contributed by atoms with Crippen molar-refractivity contribution in [3.05, 3.63) is 88.4 Å². The highest BCUT2D eigenvalue weighted by Gasteiger charge is 2.25. The van der Waals surface area contributed by atoms with Crippen LogP contribution in [0, 0.1) is 0 Å². The molecule has 0 fully saturated rings. The molecular weight excluding hydrogens is 562 g/mol. The van der Waals surface area contributed by atoms with E-state index in [0.29, 0.717) is 68.3 Å². The Morgan fingerprint density at radius 1 is 0.837 bits per heavy atom. The number of fused-ring (bicyclic) bond motifs is 2. The number of aryl methyl sites for hydroxylation is 1. The number of ether oxygens (including phenoxy) is 2. The molecule has 0 atom stereocenters. The van der Waals surface area contributed by atoms with Crippen LogP contribution in [-0.2, 0) is 29.0 Å². The Kier molecular flexibility index (Phi) is 10.6. The zero-order valence-electron chi connectivity index (χ0n) is 25.3. The van der Waals surface area contributed by atoms with Gasteiger partial charge in [-0.15, -0.1) is 0 Å². The van der Waals surface area contributed by atoms with Gasteiger partial charge in [-0.3, -0.25) is 14.5 Å². The van der Waals surface area contributed by atoms with Crippen molar-refractivity contribution in [2.24, 2.45) is 0 Å². The second kappa shape index (κ2) is 14.8. The van der Waals surface area contributed by atoms with Gasteiger partial charge in [-0.25, -0.2) is 0 Å². The lowest BCUT2D eigenvalue weighted by Gasteiger charge is -2.30. The molecule has 3 aromatic rings. The van der Waals surface area contributed by atoms with E-state index in [1.54, 1.807) is 6.07 Å². The van der Waals surface area contributed by atoms with Crippen LogP contribution in [-0.4, -0.2) is 67.0 Å². The number of amides is 2. The van der Waals surface area contributed by atoms with Crippen LogP contribution >= 0.6 is 11.6 Å². The van der Waals surface area contributed by atoms with Crippen LogP contribution in [0.4, 0.5) is 5.69 Å². The van der Waals surface area contributed by atoms with E-state index in [2.05, 4.69) is 30.9 Å². The summed E-state index contributed by atoms with van der Waals surface area (Å²) in [7, 11) is 0. The maximum Gasteiger partial charge on any atom is 0.227 e. The number of halogens is 1. The molecule has 0 aliphatic carbocycles. The Morgan fingerprint density at radius 2 is 1.60 bits per heavy atom. The lowest BCUT2D eigenvalue weighted by molar-refractivity contribution is -0.131. The number of anilines is 1. The van der Waals surface area contributed by atoms with Crippen molar-refractivity contribution in [2.75, 3.05) is 44.3 Å². The molecule has 2 aliphatic heterocycles. The molecule has 0 unspecified atom stereocenters. The van der Waals surface area contributed by atoms with E-state index in [0.717, 1.165) is 48.3 Å². The molecule has 0 bridgehead atoms. The Morgan fingerprint density at radius 3 is 2.42 bits per heavy atom. The van der Waals surface area contributed by atoms with Crippen LogP contribution < -0.4 is 14.4 Å². The number of rotatable bonds is 6. The molecule has 2 amide bonds. The van der Waals surface area contributed by atoms with E-state index in [1.165, 1.54) is 0 Å². The zero-order chi connectivity index (χ0) is 30.2. The molecule has 0 saturated heterocycles. The van der Waals surface area contributed by atoms with Crippen molar-refractivity contribution in [3.8, 4) is 11.5 Å². The first-order valence-corrected chi connectivity index (χ1v) is 15.8. The summed E-state index contributed by atoms with van der Waals surface area (Å²) in [5.41, 5.74) is 3.80. The molecule has 0 saturated carbocycles. The number of carbonyl (C=O) groups excluding carboxylic acids is 2. The van der Waals surface area contributed by atoms with Crippen molar-refractivity contribution >= 4 is 29.1 Å². The summed E-state index contributed by atoms with van der Waals surface area (Å²) < 4.78 is 11.6. The summed E-state index contributed by atoms with van der Waals surface area (Å²) in [6.45, 7) is 8.72. The molecule has 0 aromatic heterocycles. The number of hydrogen-bond donors (Lipinski definition) is 0. The fourth-order valence-electron chi connectivity index (χ4n) is 5.80. The molecule has 0 spiro atoms. The second-order valence-electron chi connectivity index (χ2n) is 11.6. The number of carbonyl (C=O) groups is 2. The first-order valence-electron chi connectivity index (χ1n) is 15.4. The number of benzene rings is 3. The molecule has 5 rings (SSSR count). The van der Waals surface area contributed by atoms with E-state index in [9.17, 15) is 9.59 Å². The Bertz CT molecular complexity index is 1400. The predicted molar refractivity (Wildman–Crippen MR) is 171 cm³/mol. The van der Waals surface area contributed by atoms with Gasteiger partial charge in [0.25, 0.3) is 0 Å². The third kappa shape index (κ3) is 8.09. The standard InChI is InChI=1S/C35H42ClN3O4/c1-26(2)37-16-8-17-39(33(40)15-14-27-10-4-3-5-11-27)31-13-7-6-12-29(31)25-38(19-18-37)34(41)24-28-22-30(36)35-32(23-28)42-20-9-21-43-35/h3-7,10-13,22-23,26H,8-9,14-21,24-25H2,1-2H3. The zero-order valence-corrected chi connectivity index (χ0v) is 26.0. The summed E-state index contributed by atoms with van der Waals surface area (Å²) in [6.07, 6.45) is 2.96. The maximum absolute atomic E-state index is 13.9. The van der Waals surface area contributed by atoms with Gasteiger partial charge in [0, 0.05) is 57.3 Å². The highest BCUT2D eigenvalue weighted by Crippen LogP contribution is 2.38. The van der Waals surface area contributed by atoms with E-state index in [1.807, 2.05) is 58.3 Å². The van der Waals surface area contributed by atoms with Gasteiger partial charge in [-0.2, -0.15) is 0 Å². The first-order chi connectivity index (χ1) is 20.9. The largest absolute Gasteiger partial charge is 0.489 e. The van der Waals surface area contributed by atoms with Gasteiger partial charge in [0.05, 0.1) is 24.7 Å². The Labute approximate surface area is 260 Å². The first kappa shape index (κ1) is 30.9. The SMILES string of the molecule is CC(C)N1CCCN(C(=O)CCc2ccccc2)c2ccccc2CN(C(=O)Cc2cc(Cl)c3c(c2)OCCCO3)CC1. The smallest absolute Gasteiger partial charge is 0.227 e. The van der Waals surface area contributed by atoms with Crippen LogP contribution in [0.2, 0.25) is 5.02 Å². The van der Waals surface area contributed by atoms with E-state index >= 15 is 0 Å². The number of hydrogen-bond acceptors (Lipinski definition) is 5. The van der Waals surface area contributed by atoms with Crippen molar-refractivity contribution in [2.45, 2.75) is 58.5 Å². The molecule has 8 heteroatoms. The van der Waals surface area contributed by atoms with Crippen LogP contribution in [0.1, 0.15) is 49.8 Å². The van der Waals surface area contributed by atoms with Gasteiger partial charge >= 0.3 is 0 Å². The maximum atomic E-state index is 13.9. The molecule has 43 heavy (non-hydrogen) atoms. The minimum atomic E-state index is 0.00488. The lowest BCUT2D eigenvalue weighted by atomic mass is 10.1. The monoisotopic (exact) mass is 603 g/mol. The van der Waals surface area contributed by atoms with E-state index in [4.69, 9.17) is 21.1 Å². The summed E-state index contributed by atoms with van der Waals surface area (Å²) in [5.74, 6) is 1.24. The van der Waals surface area contributed by atoms with Gasteiger partial charge in [0.2, 0.25) is 11.8 Å². The van der Waals surface area contributed by atoms with Crippen LogP contribution in [0.15, 0.2) is 66.7 Å². The molecule has 228 valence electrons. The predicted octanol–water partition coefficient (Wildman–Crippen LogP) is 6.15. The van der Waals surface area contributed by atoms with Crippen LogP contribution in [0.3, 0.4) is 0 Å². The number of para-hydroxylation sites is 1. The van der Waals surface area contributed by atoms with Crippen LogP contribution in [0.5, 0.6) is 11.5 Å². The molecule has 7 nitrogen and oxygen atoms in total. The Balaban J connectivity index is 1.40. The average Bonchev–Trinajstić information content (AvgIpc) is 3.27. The quantitative estimate of drug-likeness (QED) is 0.338. The van der Waals surface area contributed by atoms with Crippen LogP contribution in [0.25, 0.3) is 0 Å². The van der Waals surface area contributed by atoms with E-state index in [-0.39, 0.29) is 18.2 Å². The third-order valence-electron chi connectivity index (χ3n) is 8.20. The summed E-state index contributed by atoms with van der Waals surface area (Å²) in [6, 6.07) is 22.1. The van der Waals surface area contributed by atoms with Crippen molar-refractivity contribution in [1.29, 1.82) is 0 Å². The molecule has 0 radical (unpaired) electrons. The van der Waals surface area contributed by atoms with Gasteiger partial charge < -0.3 is 19.3 Å². The number of nitrogens with zero attached hydrogens (tertiary/aromatic N) is 3. The normalized spacial score (nSPS) is 16.3. The fraction of sp³-hybridized carbons (Fsp3) is 0.429. The van der Waals surface area contributed by atoms with Gasteiger partial charge in [0.1, 0.15) is 0 Å². The minimum absolute atomic E-state index is 0.00488. The lowest BCUT2D eigenvalue weighted by Crippen LogP contribution is -2.41. The molecule has 2 aliphatic rings. The average molecular weight is 604 g/mol. The highest BCUT2D eigenvalue weighted by molar-refractivity contribution is 6.32. The van der Waals surface area contributed by atoms with Crippen molar-refractivity contribution in [1.82, 2.24) is 9.80 Å². The molecule has 3 aromatic carbocycles. The molecular formula is C35H42ClN3O4. The van der Waals surface area contributed by atoms with E-state index < -0.39 is 0 Å². The summed E-state index contributed by atoms with van der Waals surface area (Å²) in [4.78, 5) is 33.9. The van der Waals surface area contributed by atoms with Gasteiger partial charge in [-0.1, -0.05) is 60.1 Å². The van der Waals surface area contributed by atoms with Gasteiger partial charge in [-0.05, 0) is 61.6 Å². The van der Waals surface area contributed by atoms with Crippen molar-refractivity contribution < 1.29 is 19.1 Å². The highest BCUT2D eigenvalue weighted by atomic mass is 35.5. The summed E-state index contributed by atoms with van der Waals surface area (Å²) >= 11 is 6.55. The topological polar surface area (TPSA) is 62.3 Å². The minimum Gasteiger partial charge on any atom is -0.489 e. The molecule has 2 heterocycles. The fourth-order valence-corrected chi connectivity index (χ4v) is 6.09.